The lowest BCUT2D eigenvalue weighted by Gasteiger charge is -2.41. The number of aromatic nitrogens is 3. The van der Waals surface area contributed by atoms with Crippen LogP contribution in [-0.2, 0) is 17.9 Å². The van der Waals surface area contributed by atoms with Crippen LogP contribution >= 0.6 is 0 Å². The molecule has 1 fully saturated rings. The number of nitrogens with zero attached hydrogens (tertiary/aromatic N) is 4. The molecule has 0 aromatic carbocycles. The average molecular weight is 435 g/mol. The van der Waals surface area contributed by atoms with Gasteiger partial charge >= 0.3 is 0 Å². The van der Waals surface area contributed by atoms with E-state index in [0.29, 0.717) is 31.0 Å². The molecule has 3 aromatic heterocycles. The molecule has 2 N–H and O–H groups in total. The van der Waals surface area contributed by atoms with Crippen LogP contribution in [0.25, 0.3) is 10.9 Å². The van der Waals surface area contributed by atoms with Crippen LogP contribution in [0.4, 0.5) is 5.69 Å². The maximum Gasteiger partial charge on any atom is 0.269 e. The molecule has 0 unspecified atom stereocenters. The highest BCUT2D eigenvalue weighted by Gasteiger charge is 2.31. The summed E-state index contributed by atoms with van der Waals surface area (Å²) >= 11 is 0. The highest BCUT2D eigenvalue weighted by Crippen LogP contribution is 2.28. The fourth-order valence-corrected chi connectivity index (χ4v) is 4.50. The van der Waals surface area contributed by atoms with Crippen LogP contribution in [0.2, 0.25) is 0 Å². The van der Waals surface area contributed by atoms with Gasteiger partial charge in [-0.15, -0.1) is 0 Å². The number of rotatable bonds is 3. The molecule has 9 heteroatoms. The van der Waals surface area contributed by atoms with E-state index in [1.165, 1.54) is 0 Å². The molecule has 5 heterocycles. The molecular weight excluding hydrogens is 408 g/mol. The number of piperazine rings is 1. The molecule has 0 radical (unpaired) electrons. The molecule has 0 bridgehead atoms. The number of H-pyrrole nitrogens is 1. The standard InChI is InChI=1S/C23H26N6O3/c1-14-7-15-9-25-16(8-19(15)27-22(14)30)10-28-5-6-29-17(11-28)12-32-13-20-21(29)4-3-18(26-20)23(31)24-2/h3-4,7-9,17H,5-6,10-13H2,1-2H3,(H,24,31)(H,27,30)/t17-/m1/s1. The fraction of sp³-hybridized carbons (Fsp3) is 0.391. The van der Waals surface area contributed by atoms with Crippen LogP contribution in [-0.4, -0.2) is 65.1 Å². The van der Waals surface area contributed by atoms with Crippen molar-refractivity contribution in [3.05, 3.63) is 63.5 Å². The van der Waals surface area contributed by atoms with Crippen molar-refractivity contribution < 1.29 is 9.53 Å². The molecule has 2 aliphatic rings. The third-order valence-electron chi connectivity index (χ3n) is 6.19. The number of carbonyl (C=O) groups excluding carboxylic acids is 1. The summed E-state index contributed by atoms with van der Waals surface area (Å²) in [5.41, 5.74) is 4.61. The van der Waals surface area contributed by atoms with E-state index in [4.69, 9.17) is 4.74 Å². The summed E-state index contributed by atoms with van der Waals surface area (Å²) in [7, 11) is 1.60. The maximum absolute atomic E-state index is 12.0. The zero-order valence-corrected chi connectivity index (χ0v) is 18.2. The van der Waals surface area contributed by atoms with Crippen molar-refractivity contribution in [3.8, 4) is 0 Å². The van der Waals surface area contributed by atoms with Gasteiger partial charge in [0.25, 0.3) is 11.5 Å². The lowest BCUT2D eigenvalue weighted by molar-refractivity contribution is 0.0874. The molecule has 1 saturated heterocycles. The van der Waals surface area contributed by atoms with Gasteiger partial charge in [0.1, 0.15) is 5.69 Å². The summed E-state index contributed by atoms with van der Waals surface area (Å²) < 4.78 is 5.92. The molecule has 2 aliphatic heterocycles. The minimum absolute atomic E-state index is 0.0641. The van der Waals surface area contributed by atoms with Crippen molar-refractivity contribution in [1.29, 1.82) is 0 Å². The van der Waals surface area contributed by atoms with Gasteiger partial charge in [-0.2, -0.15) is 0 Å². The van der Waals surface area contributed by atoms with E-state index in [1.807, 2.05) is 24.4 Å². The second kappa shape index (κ2) is 8.33. The summed E-state index contributed by atoms with van der Waals surface area (Å²) in [6.07, 6.45) is 1.82. The number of fused-ring (bicyclic) bond motifs is 4. The Morgan fingerprint density at radius 2 is 2.19 bits per heavy atom. The zero-order chi connectivity index (χ0) is 22.2. The van der Waals surface area contributed by atoms with Crippen LogP contribution in [0.15, 0.2) is 35.3 Å². The van der Waals surface area contributed by atoms with E-state index in [0.717, 1.165) is 47.6 Å². The topological polar surface area (TPSA) is 103 Å². The molecule has 3 aromatic rings. The van der Waals surface area contributed by atoms with Crippen LogP contribution in [0, 0.1) is 6.92 Å². The number of nitrogens with one attached hydrogen (secondary N) is 2. The summed E-state index contributed by atoms with van der Waals surface area (Å²) in [6, 6.07) is 7.78. The van der Waals surface area contributed by atoms with Gasteiger partial charge in [-0.3, -0.25) is 19.5 Å². The van der Waals surface area contributed by atoms with Crippen LogP contribution in [0.3, 0.4) is 0 Å². The number of aromatic amines is 1. The highest BCUT2D eigenvalue weighted by molar-refractivity contribution is 5.92. The molecule has 0 aliphatic carbocycles. The minimum Gasteiger partial charge on any atom is -0.373 e. The van der Waals surface area contributed by atoms with E-state index in [2.05, 4.69) is 30.1 Å². The summed E-state index contributed by atoms with van der Waals surface area (Å²) in [5, 5.41) is 3.56. The number of hydrogen-bond acceptors (Lipinski definition) is 7. The fourth-order valence-electron chi connectivity index (χ4n) is 4.50. The number of carbonyl (C=O) groups is 1. The first-order valence-electron chi connectivity index (χ1n) is 10.8. The predicted octanol–water partition coefficient (Wildman–Crippen LogP) is 1.21. The number of ether oxygens (including phenoxy) is 1. The Hall–Kier alpha value is -3.30. The summed E-state index contributed by atoms with van der Waals surface area (Å²) in [6.45, 7) is 6.04. The van der Waals surface area contributed by atoms with Gasteiger partial charge in [-0.25, -0.2) is 4.98 Å². The highest BCUT2D eigenvalue weighted by atomic mass is 16.5. The smallest absolute Gasteiger partial charge is 0.269 e. The van der Waals surface area contributed by atoms with Crippen molar-refractivity contribution in [3.63, 3.8) is 0 Å². The first kappa shape index (κ1) is 20.6. The minimum atomic E-state index is -0.196. The Bertz CT molecular complexity index is 1240. The first-order chi connectivity index (χ1) is 15.5. The Balaban J connectivity index is 1.33. The van der Waals surface area contributed by atoms with E-state index in [9.17, 15) is 9.59 Å². The largest absolute Gasteiger partial charge is 0.373 e. The third kappa shape index (κ3) is 3.85. The monoisotopic (exact) mass is 434 g/mol. The van der Waals surface area contributed by atoms with Crippen LogP contribution in [0.1, 0.15) is 27.4 Å². The van der Waals surface area contributed by atoms with Crippen molar-refractivity contribution in [2.45, 2.75) is 26.1 Å². The Kier molecular flexibility index (Phi) is 5.36. The van der Waals surface area contributed by atoms with Crippen molar-refractivity contribution in [2.24, 2.45) is 0 Å². The van der Waals surface area contributed by atoms with Crippen molar-refractivity contribution in [2.75, 3.05) is 38.2 Å². The van der Waals surface area contributed by atoms with E-state index in [-0.39, 0.29) is 17.5 Å². The molecule has 166 valence electrons. The van der Waals surface area contributed by atoms with E-state index >= 15 is 0 Å². The number of aryl methyl sites for hydroxylation is 1. The van der Waals surface area contributed by atoms with Crippen molar-refractivity contribution >= 4 is 22.5 Å². The van der Waals surface area contributed by atoms with Gasteiger partial charge < -0.3 is 19.9 Å². The molecular formula is C23H26N6O3. The molecule has 1 atom stereocenters. The predicted molar refractivity (Wildman–Crippen MR) is 121 cm³/mol. The van der Waals surface area contributed by atoms with Gasteiger partial charge in [0.2, 0.25) is 0 Å². The zero-order valence-electron chi connectivity index (χ0n) is 18.2. The molecule has 5 rings (SSSR count). The van der Waals surface area contributed by atoms with Gasteiger partial charge in [0.05, 0.1) is 41.8 Å². The van der Waals surface area contributed by atoms with Gasteiger partial charge in [0.15, 0.2) is 0 Å². The summed E-state index contributed by atoms with van der Waals surface area (Å²) in [5.74, 6) is -0.196. The molecule has 0 spiro atoms. The third-order valence-corrected chi connectivity index (χ3v) is 6.19. The van der Waals surface area contributed by atoms with Crippen LogP contribution in [0.5, 0.6) is 0 Å². The van der Waals surface area contributed by atoms with Crippen molar-refractivity contribution in [1.82, 2.24) is 25.2 Å². The Labute approximate surface area is 185 Å². The molecule has 9 nitrogen and oxygen atoms in total. The summed E-state index contributed by atoms with van der Waals surface area (Å²) in [4.78, 5) is 40.7. The normalized spacial score (nSPS) is 18.7. The van der Waals surface area contributed by atoms with E-state index < -0.39 is 0 Å². The number of amides is 1. The first-order valence-corrected chi connectivity index (χ1v) is 10.8. The number of anilines is 1. The number of pyridine rings is 3. The number of hydrogen-bond donors (Lipinski definition) is 2. The SMILES string of the molecule is CNC(=O)c1ccc2c(n1)COC[C@H]1CN(Cc3cc4[nH]c(=O)c(C)cc4cn3)CCN21. The van der Waals surface area contributed by atoms with Gasteiger partial charge in [-0.1, -0.05) is 0 Å². The van der Waals surface area contributed by atoms with Gasteiger partial charge in [-0.05, 0) is 31.2 Å². The average Bonchev–Trinajstić information content (AvgIpc) is 2.98. The Morgan fingerprint density at radius 3 is 3.03 bits per heavy atom. The molecule has 0 saturated carbocycles. The van der Waals surface area contributed by atoms with Gasteiger partial charge in [0, 0.05) is 50.4 Å². The quantitative estimate of drug-likeness (QED) is 0.639. The lowest BCUT2D eigenvalue weighted by Crippen LogP contribution is -2.54. The van der Waals surface area contributed by atoms with E-state index in [1.54, 1.807) is 20.0 Å². The maximum atomic E-state index is 12.0. The molecule has 32 heavy (non-hydrogen) atoms. The van der Waals surface area contributed by atoms with Crippen LogP contribution < -0.4 is 15.8 Å². The second-order valence-electron chi connectivity index (χ2n) is 8.38. The lowest BCUT2D eigenvalue weighted by atomic mass is 10.1. The molecule has 1 amide bonds. The second-order valence-corrected chi connectivity index (χ2v) is 8.38. The Morgan fingerprint density at radius 1 is 1.31 bits per heavy atom.